The van der Waals surface area contributed by atoms with Gasteiger partial charge in [-0.3, -0.25) is 14.3 Å². The van der Waals surface area contributed by atoms with Crippen molar-refractivity contribution in [3.05, 3.63) is 72.6 Å². The maximum atomic E-state index is 12.7. The van der Waals surface area contributed by atoms with Crippen molar-refractivity contribution in [3.8, 4) is 11.4 Å². The Kier molecular flexibility index (Phi) is 5.63. The minimum atomic E-state index is -0.268. The molecule has 2 heterocycles. The van der Waals surface area contributed by atoms with Gasteiger partial charge in [0.05, 0.1) is 5.25 Å². The van der Waals surface area contributed by atoms with Gasteiger partial charge in [-0.1, -0.05) is 47.7 Å². The first-order valence-corrected chi connectivity index (χ1v) is 9.20. The lowest BCUT2D eigenvalue weighted by Crippen LogP contribution is -2.14. The maximum absolute atomic E-state index is 12.7. The van der Waals surface area contributed by atoms with Crippen LogP contribution >= 0.6 is 11.8 Å². The summed E-state index contributed by atoms with van der Waals surface area (Å²) >= 11 is 1.41. The van der Waals surface area contributed by atoms with Crippen molar-refractivity contribution in [1.82, 2.24) is 19.7 Å². The molecule has 3 rings (SSSR count). The van der Waals surface area contributed by atoms with Gasteiger partial charge >= 0.3 is 0 Å². The molecule has 6 heteroatoms. The van der Waals surface area contributed by atoms with E-state index in [1.807, 2.05) is 54.8 Å². The Morgan fingerprint density at radius 1 is 1.19 bits per heavy atom. The zero-order valence-corrected chi connectivity index (χ0v) is 15.6. The normalized spacial score (nSPS) is 11.9. The molecule has 0 saturated carbocycles. The van der Waals surface area contributed by atoms with E-state index in [2.05, 4.69) is 21.8 Å². The van der Waals surface area contributed by atoms with Crippen LogP contribution in [0.25, 0.3) is 11.4 Å². The first-order valence-electron chi connectivity index (χ1n) is 8.32. The third kappa shape index (κ3) is 3.91. The second-order valence-corrected chi connectivity index (χ2v) is 7.24. The number of thioether (sulfide) groups is 1. The molecule has 0 unspecified atom stereocenters. The van der Waals surface area contributed by atoms with E-state index in [9.17, 15) is 4.79 Å². The lowest BCUT2D eigenvalue weighted by Gasteiger charge is -2.12. The molecule has 0 aliphatic carbocycles. The third-order valence-electron chi connectivity index (χ3n) is 3.95. The summed E-state index contributed by atoms with van der Waals surface area (Å²) in [6.45, 7) is 8.28. The number of aryl methyl sites for hydroxylation is 1. The molecule has 0 radical (unpaired) electrons. The molecule has 1 atom stereocenters. The SMILES string of the molecule is C=CCn1c(S[C@@H](C)C(=O)c2ccc(C)cc2)nnc1-c1ccncc1. The van der Waals surface area contributed by atoms with E-state index in [0.717, 1.165) is 17.0 Å². The molecule has 26 heavy (non-hydrogen) atoms. The van der Waals surface area contributed by atoms with Crippen LogP contribution in [-0.4, -0.2) is 30.8 Å². The number of rotatable bonds is 7. The molecule has 0 bridgehead atoms. The zero-order valence-electron chi connectivity index (χ0n) is 14.8. The van der Waals surface area contributed by atoms with Crippen molar-refractivity contribution in [3.63, 3.8) is 0 Å². The number of Topliss-reactive ketones (excluding diaryl/α,β-unsaturated/α-hetero) is 1. The van der Waals surface area contributed by atoms with Crippen LogP contribution in [0.1, 0.15) is 22.8 Å². The van der Waals surface area contributed by atoms with Crippen molar-refractivity contribution in [2.45, 2.75) is 30.8 Å². The van der Waals surface area contributed by atoms with Crippen LogP contribution in [0.4, 0.5) is 0 Å². The van der Waals surface area contributed by atoms with Crippen molar-refractivity contribution in [2.24, 2.45) is 0 Å². The quantitative estimate of drug-likeness (QED) is 0.357. The number of carbonyl (C=O) groups is 1. The summed E-state index contributed by atoms with van der Waals surface area (Å²) < 4.78 is 1.96. The Morgan fingerprint density at radius 2 is 1.88 bits per heavy atom. The van der Waals surface area contributed by atoms with E-state index < -0.39 is 0 Å². The van der Waals surface area contributed by atoms with E-state index >= 15 is 0 Å². The molecule has 3 aromatic rings. The lowest BCUT2D eigenvalue weighted by molar-refractivity contribution is 0.0994. The van der Waals surface area contributed by atoms with E-state index in [4.69, 9.17) is 0 Å². The molecule has 0 spiro atoms. The molecule has 0 aliphatic heterocycles. The van der Waals surface area contributed by atoms with Gasteiger partial charge < -0.3 is 0 Å². The maximum Gasteiger partial charge on any atom is 0.192 e. The van der Waals surface area contributed by atoms with Crippen LogP contribution in [0.15, 0.2) is 66.6 Å². The van der Waals surface area contributed by atoms with E-state index in [0.29, 0.717) is 17.3 Å². The third-order valence-corrected chi connectivity index (χ3v) is 5.04. The van der Waals surface area contributed by atoms with Crippen LogP contribution < -0.4 is 0 Å². The van der Waals surface area contributed by atoms with Crippen LogP contribution in [0, 0.1) is 6.92 Å². The van der Waals surface area contributed by atoms with Gasteiger partial charge in [-0.25, -0.2) is 0 Å². The second kappa shape index (κ2) is 8.10. The number of pyridine rings is 1. The van der Waals surface area contributed by atoms with Gasteiger partial charge in [-0.2, -0.15) is 0 Å². The van der Waals surface area contributed by atoms with Crippen molar-refractivity contribution in [2.75, 3.05) is 0 Å². The van der Waals surface area contributed by atoms with Gasteiger partial charge in [0, 0.05) is 30.1 Å². The van der Waals surface area contributed by atoms with E-state index in [1.54, 1.807) is 18.5 Å². The van der Waals surface area contributed by atoms with Gasteiger partial charge in [0.25, 0.3) is 0 Å². The molecular weight excluding hydrogens is 344 g/mol. The van der Waals surface area contributed by atoms with E-state index in [-0.39, 0.29) is 11.0 Å². The number of benzene rings is 1. The zero-order chi connectivity index (χ0) is 18.5. The minimum Gasteiger partial charge on any atom is -0.298 e. The lowest BCUT2D eigenvalue weighted by atomic mass is 10.1. The number of hydrogen-bond acceptors (Lipinski definition) is 5. The molecular formula is C20H20N4OS. The summed E-state index contributed by atoms with van der Waals surface area (Å²) in [6.07, 6.45) is 5.24. The summed E-state index contributed by atoms with van der Waals surface area (Å²) in [4.78, 5) is 16.7. The molecule has 0 saturated heterocycles. The number of ketones is 1. The Labute approximate surface area is 157 Å². The number of hydrogen-bond donors (Lipinski definition) is 0. The Bertz CT molecular complexity index is 903. The highest BCUT2D eigenvalue weighted by molar-refractivity contribution is 8.00. The summed E-state index contributed by atoms with van der Waals surface area (Å²) in [5, 5.41) is 9.03. The summed E-state index contributed by atoms with van der Waals surface area (Å²) in [6, 6.07) is 11.4. The first-order chi connectivity index (χ1) is 12.6. The topological polar surface area (TPSA) is 60.7 Å². The molecule has 0 amide bonds. The van der Waals surface area contributed by atoms with Crippen molar-refractivity contribution in [1.29, 1.82) is 0 Å². The Morgan fingerprint density at radius 3 is 2.54 bits per heavy atom. The van der Waals surface area contributed by atoms with Gasteiger partial charge in [0.2, 0.25) is 0 Å². The summed E-state index contributed by atoms with van der Waals surface area (Å²) in [5.41, 5.74) is 2.77. The number of allylic oxidation sites excluding steroid dienone is 1. The van der Waals surface area contributed by atoms with Crippen LogP contribution in [0.3, 0.4) is 0 Å². The average molecular weight is 364 g/mol. The molecule has 0 N–H and O–H groups in total. The fourth-order valence-corrected chi connectivity index (χ4v) is 3.48. The number of carbonyl (C=O) groups excluding carboxylic acids is 1. The fourth-order valence-electron chi connectivity index (χ4n) is 2.55. The molecule has 5 nitrogen and oxygen atoms in total. The highest BCUT2D eigenvalue weighted by Crippen LogP contribution is 2.28. The van der Waals surface area contributed by atoms with Crippen molar-refractivity contribution >= 4 is 17.5 Å². The minimum absolute atomic E-state index is 0.0774. The van der Waals surface area contributed by atoms with Crippen LogP contribution in [-0.2, 0) is 6.54 Å². The highest BCUT2D eigenvalue weighted by atomic mass is 32.2. The smallest absolute Gasteiger partial charge is 0.192 e. The monoisotopic (exact) mass is 364 g/mol. The number of nitrogens with zero attached hydrogens (tertiary/aromatic N) is 4. The fraction of sp³-hybridized carbons (Fsp3) is 0.200. The number of aromatic nitrogens is 4. The first kappa shape index (κ1) is 18.1. The summed E-state index contributed by atoms with van der Waals surface area (Å²) in [5.74, 6) is 0.818. The molecule has 2 aromatic heterocycles. The van der Waals surface area contributed by atoms with Crippen molar-refractivity contribution < 1.29 is 4.79 Å². The largest absolute Gasteiger partial charge is 0.298 e. The Hall–Kier alpha value is -2.73. The molecule has 132 valence electrons. The highest BCUT2D eigenvalue weighted by Gasteiger charge is 2.21. The van der Waals surface area contributed by atoms with Gasteiger partial charge in [-0.05, 0) is 26.0 Å². The standard InChI is InChI=1S/C20H20N4OS/c1-4-13-24-19(17-9-11-21-12-10-17)22-23-20(24)26-15(3)18(25)16-7-5-14(2)6-8-16/h4-12,15H,1,13H2,2-3H3/t15-/m0/s1. The molecule has 0 aliphatic rings. The van der Waals surface area contributed by atoms with E-state index in [1.165, 1.54) is 11.8 Å². The van der Waals surface area contributed by atoms with Gasteiger partial charge in [-0.15, -0.1) is 16.8 Å². The molecule has 1 aromatic carbocycles. The predicted octanol–water partition coefficient (Wildman–Crippen LogP) is 4.20. The predicted molar refractivity (Wildman–Crippen MR) is 104 cm³/mol. The molecule has 0 fully saturated rings. The van der Waals surface area contributed by atoms with Gasteiger partial charge in [0.15, 0.2) is 16.8 Å². The van der Waals surface area contributed by atoms with Crippen LogP contribution in [0.2, 0.25) is 0 Å². The summed E-state index contributed by atoms with van der Waals surface area (Å²) in [7, 11) is 0. The Balaban J connectivity index is 1.85. The second-order valence-electron chi connectivity index (χ2n) is 5.93. The van der Waals surface area contributed by atoms with Gasteiger partial charge in [0.1, 0.15) is 0 Å². The average Bonchev–Trinajstić information content (AvgIpc) is 3.05. The van der Waals surface area contributed by atoms with Crippen LogP contribution in [0.5, 0.6) is 0 Å².